The standard InChI is InChI=1S/C23H24N2O5/c24-23(21(29)30-15-16-5-2-1-3-6-16)11-4-14-25(19(23)26)18-9-7-17(8-10-18)22(12-13-22)20(27)28/h1-3,5-10H,4,11-15,24H2,(H,27,28). The lowest BCUT2D eigenvalue weighted by Crippen LogP contribution is -2.64. The molecular formula is C23H24N2O5. The highest BCUT2D eigenvalue weighted by Crippen LogP contribution is 2.48. The van der Waals surface area contributed by atoms with E-state index in [-0.39, 0.29) is 13.0 Å². The number of anilines is 1. The summed E-state index contributed by atoms with van der Waals surface area (Å²) in [6, 6.07) is 16.1. The molecule has 1 aliphatic heterocycles. The van der Waals surface area contributed by atoms with Crippen molar-refractivity contribution in [2.45, 2.75) is 43.2 Å². The zero-order chi connectivity index (χ0) is 21.4. The number of amides is 1. The number of hydrogen-bond acceptors (Lipinski definition) is 5. The van der Waals surface area contributed by atoms with Crippen molar-refractivity contribution in [2.75, 3.05) is 11.4 Å². The van der Waals surface area contributed by atoms with E-state index in [1.165, 1.54) is 4.90 Å². The highest BCUT2D eigenvalue weighted by molar-refractivity contribution is 6.14. The summed E-state index contributed by atoms with van der Waals surface area (Å²) in [6.45, 7) is 0.491. The zero-order valence-corrected chi connectivity index (χ0v) is 16.5. The highest BCUT2D eigenvalue weighted by Gasteiger charge is 2.52. The first kappa shape index (κ1) is 20.1. The van der Waals surface area contributed by atoms with Gasteiger partial charge in [0.15, 0.2) is 5.54 Å². The topological polar surface area (TPSA) is 110 Å². The lowest BCUT2D eigenvalue weighted by atomic mass is 9.88. The molecule has 1 heterocycles. The van der Waals surface area contributed by atoms with Crippen LogP contribution in [0.15, 0.2) is 54.6 Å². The molecule has 0 spiro atoms. The van der Waals surface area contributed by atoms with Gasteiger partial charge >= 0.3 is 11.9 Å². The van der Waals surface area contributed by atoms with Gasteiger partial charge in [0.25, 0.3) is 5.91 Å². The summed E-state index contributed by atoms with van der Waals surface area (Å²) in [5.41, 5.74) is 5.85. The van der Waals surface area contributed by atoms with E-state index >= 15 is 0 Å². The van der Waals surface area contributed by atoms with Crippen molar-refractivity contribution in [3.05, 3.63) is 65.7 Å². The first-order chi connectivity index (χ1) is 14.4. The minimum Gasteiger partial charge on any atom is -0.481 e. The Kier molecular flexibility index (Phi) is 5.07. The second-order valence-corrected chi connectivity index (χ2v) is 8.03. The second kappa shape index (κ2) is 7.57. The number of carboxylic acids is 1. The van der Waals surface area contributed by atoms with Gasteiger partial charge < -0.3 is 20.5 Å². The predicted octanol–water partition coefficient (Wildman–Crippen LogP) is 2.37. The van der Waals surface area contributed by atoms with Crippen LogP contribution in [0.2, 0.25) is 0 Å². The van der Waals surface area contributed by atoms with Crippen LogP contribution in [-0.4, -0.2) is 35.0 Å². The first-order valence-corrected chi connectivity index (χ1v) is 10.0. The number of rotatable bonds is 6. The number of ether oxygens (including phenoxy) is 1. The fourth-order valence-electron chi connectivity index (χ4n) is 3.96. The molecule has 3 N–H and O–H groups in total. The lowest BCUT2D eigenvalue weighted by Gasteiger charge is -2.37. The minimum atomic E-state index is -1.73. The van der Waals surface area contributed by atoms with E-state index < -0.39 is 28.8 Å². The molecule has 7 heteroatoms. The second-order valence-electron chi connectivity index (χ2n) is 8.03. The Bertz CT molecular complexity index is 969. The largest absolute Gasteiger partial charge is 0.481 e. The van der Waals surface area contributed by atoms with Crippen LogP contribution < -0.4 is 10.6 Å². The summed E-state index contributed by atoms with van der Waals surface area (Å²) < 4.78 is 5.35. The molecule has 1 atom stereocenters. The molecule has 1 amide bonds. The third kappa shape index (κ3) is 3.45. The molecule has 0 radical (unpaired) electrons. The number of piperidine rings is 1. The molecule has 4 rings (SSSR count). The highest BCUT2D eigenvalue weighted by atomic mass is 16.5. The average molecular weight is 408 g/mol. The van der Waals surface area contributed by atoms with Gasteiger partial charge in [-0.15, -0.1) is 0 Å². The van der Waals surface area contributed by atoms with E-state index in [4.69, 9.17) is 10.5 Å². The smallest absolute Gasteiger partial charge is 0.336 e. The number of benzene rings is 2. The van der Waals surface area contributed by atoms with Crippen LogP contribution in [0, 0.1) is 0 Å². The lowest BCUT2D eigenvalue weighted by molar-refractivity contribution is -0.156. The monoisotopic (exact) mass is 408 g/mol. The predicted molar refractivity (Wildman–Crippen MR) is 110 cm³/mol. The van der Waals surface area contributed by atoms with Crippen molar-refractivity contribution >= 4 is 23.5 Å². The Labute approximate surface area is 174 Å². The van der Waals surface area contributed by atoms with Crippen LogP contribution in [0.25, 0.3) is 0 Å². The summed E-state index contributed by atoms with van der Waals surface area (Å²) in [4.78, 5) is 38.8. The molecule has 1 aliphatic carbocycles. The van der Waals surface area contributed by atoms with Gasteiger partial charge in [-0.3, -0.25) is 9.59 Å². The van der Waals surface area contributed by atoms with Crippen LogP contribution in [-0.2, 0) is 31.1 Å². The van der Waals surface area contributed by atoms with Crippen molar-refractivity contribution < 1.29 is 24.2 Å². The number of nitrogens with two attached hydrogens (primary N) is 1. The third-order valence-electron chi connectivity index (χ3n) is 6.05. The van der Waals surface area contributed by atoms with Gasteiger partial charge in [0, 0.05) is 12.2 Å². The molecular weight excluding hydrogens is 384 g/mol. The maximum Gasteiger partial charge on any atom is 0.336 e. The van der Waals surface area contributed by atoms with Crippen LogP contribution in [0.4, 0.5) is 5.69 Å². The van der Waals surface area contributed by atoms with E-state index in [2.05, 4.69) is 0 Å². The number of esters is 1. The molecule has 2 aromatic carbocycles. The van der Waals surface area contributed by atoms with Gasteiger partial charge in [-0.25, -0.2) is 4.79 Å². The van der Waals surface area contributed by atoms with E-state index in [1.54, 1.807) is 24.3 Å². The summed E-state index contributed by atoms with van der Waals surface area (Å²) in [7, 11) is 0. The molecule has 1 saturated carbocycles. The maximum atomic E-state index is 13.1. The van der Waals surface area contributed by atoms with Crippen LogP contribution in [0.1, 0.15) is 36.8 Å². The normalized spacial score (nSPS) is 22.4. The molecule has 0 bridgehead atoms. The summed E-state index contributed by atoms with van der Waals surface area (Å²) in [5, 5.41) is 9.45. The van der Waals surface area contributed by atoms with Crippen LogP contribution >= 0.6 is 0 Å². The molecule has 2 aliphatic rings. The molecule has 1 saturated heterocycles. The molecule has 0 aromatic heterocycles. The van der Waals surface area contributed by atoms with Crippen molar-refractivity contribution in [3.63, 3.8) is 0 Å². The quantitative estimate of drug-likeness (QED) is 0.561. The molecule has 7 nitrogen and oxygen atoms in total. The summed E-state index contributed by atoms with van der Waals surface area (Å²) in [5.74, 6) is -2.06. The van der Waals surface area contributed by atoms with Gasteiger partial charge in [0.2, 0.25) is 0 Å². The molecule has 156 valence electrons. The van der Waals surface area contributed by atoms with Gasteiger partial charge in [0.1, 0.15) is 6.61 Å². The van der Waals surface area contributed by atoms with Gasteiger partial charge in [-0.1, -0.05) is 42.5 Å². The SMILES string of the molecule is NC1(C(=O)OCc2ccccc2)CCCN(c2ccc(C3(C(=O)O)CC3)cc2)C1=O. The Morgan fingerprint density at radius 1 is 1.03 bits per heavy atom. The number of carboxylic acid groups (broad SMARTS) is 1. The number of carbonyl (C=O) groups excluding carboxylic acids is 2. The first-order valence-electron chi connectivity index (χ1n) is 10.0. The van der Waals surface area contributed by atoms with Crippen molar-refractivity contribution in [3.8, 4) is 0 Å². The van der Waals surface area contributed by atoms with Gasteiger partial charge in [-0.2, -0.15) is 0 Å². The van der Waals surface area contributed by atoms with Crippen molar-refractivity contribution in [1.82, 2.24) is 0 Å². The van der Waals surface area contributed by atoms with E-state index in [9.17, 15) is 19.5 Å². The molecule has 2 fully saturated rings. The Morgan fingerprint density at radius 2 is 1.70 bits per heavy atom. The number of nitrogens with zero attached hydrogens (tertiary/aromatic N) is 1. The third-order valence-corrected chi connectivity index (χ3v) is 6.05. The maximum absolute atomic E-state index is 13.1. The van der Waals surface area contributed by atoms with Crippen molar-refractivity contribution in [1.29, 1.82) is 0 Å². The van der Waals surface area contributed by atoms with E-state index in [1.807, 2.05) is 30.3 Å². The Balaban J connectivity index is 1.48. The summed E-state index contributed by atoms with van der Waals surface area (Å²) >= 11 is 0. The van der Waals surface area contributed by atoms with E-state index in [0.717, 1.165) is 11.1 Å². The summed E-state index contributed by atoms with van der Waals surface area (Å²) in [6.07, 6.45) is 2.01. The van der Waals surface area contributed by atoms with Gasteiger partial charge in [0.05, 0.1) is 5.41 Å². The fourth-order valence-corrected chi connectivity index (χ4v) is 3.96. The zero-order valence-electron chi connectivity index (χ0n) is 16.5. The van der Waals surface area contributed by atoms with Crippen LogP contribution in [0.5, 0.6) is 0 Å². The van der Waals surface area contributed by atoms with Crippen molar-refractivity contribution in [2.24, 2.45) is 5.73 Å². The Hall–Kier alpha value is -3.19. The molecule has 1 unspecified atom stereocenters. The number of hydrogen-bond donors (Lipinski definition) is 2. The number of aliphatic carboxylic acids is 1. The van der Waals surface area contributed by atoms with E-state index in [0.29, 0.717) is 31.5 Å². The van der Waals surface area contributed by atoms with Gasteiger partial charge in [-0.05, 0) is 48.9 Å². The fraction of sp³-hybridized carbons (Fsp3) is 0.348. The minimum absolute atomic E-state index is 0.0534. The molecule has 30 heavy (non-hydrogen) atoms. The average Bonchev–Trinajstić information content (AvgIpc) is 3.57. The Morgan fingerprint density at radius 3 is 2.30 bits per heavy atom. The number of carbonyl (C=O) groups is 3. The molecule has 2 aromatic rings. The van der Waals surface area contributed by atoms with Crippen LogP contribution in [0.3, 0.4) is 0 Å².